The molecule has 5 nitrogen and oxygen atoms in total. The average molecular weight is 312 g/mol. The SMILES string of the molecule is Cn1cc(C(=O)NC2CCCN(CCc3ccccc3)C2)cn1. The van der Waals surface area contributed by atoms with E-state index in [-0.39, 0.29) is 11.9 Å². The van der Waals surface area contributed by atoms with Crippen molar-refractivity contribution in [2.24, 2.45) is 7.05 Å². The Labute approximate surface area is 137 Å². The lowest BCUT2D eigenvalue weighted by molar-refractivity contribution is 0.0904. The topological polar surface area (TPSA) is 50.2 Å². The van der Waals surface area contributed by atoms with E-state index in [1.54, 1.807) is 17.1 Å². The maximum atomic E-state index is 12.2. The number of nitrogens with zero attached hydrogens (tertiary/aromatic N) is 3. The molecule has 0 aliphatic carbocycles. The van der Waals surface area contributed by atoms with Crippen molar-refractivity contribution < 1.29 is 4.79 Å². The number of carbonyl (C=O) groups is 1. The molecule has 122 valence electrons. The van der Waals surface area contributed by atoms with Gasteiger partial charge in [0.1, 0.15) is 0 Å². The summed E-state index contributed by atoms with van der Waals surface area (Å²) in [6.45, 7) is 3.09. The maximum absolute atomic E-state index is 12.2. The number of piperidine rings is 1. The highest BCUT2D eigenvalue weighted by atomic mass is 16.1. The van der Waals surface area contributed by atoms with E-state index < -0.39 is 0 Å². The Morgan fingerprint density at radius 3 is 2.91 bits per heavy atom. The van der Waals surface area contributed by atoms with Crippen molar-refractivity contribution in [1.82, 2.24) is 20.0 Å². The summed E-state index contributed by atoms with van der Waals surface area (Å²) >= 11 is 0. The first-order chi connectivity index (χ1) is 11.2. The van der Waals surface area contributed by atoms with E-state index in [9.17, 15) is 4.79 Å². The van der Waals surface area contributed by atoms with E-state index >= 15 is 0 Å². The third kappa shape index (κ3) is 4.42. The van der Waals surface area contributed by atoms with E-state index in [2.05, 4.69) is 39.6 Å². The fraction of sp³-hybridized carbons (Fsp3) is 0.444. The molecule has 0 saturated carbocycles. The molecule has 2 heterocycles. The minimum Gasteiger partial charge on any atom is -0.348 e. The van der Waals surface area contributed by atoms with E-state index in [1.165, 1.54) is 5.56 Å². The van der Waals surface area contributed by atoms with Gasteiger partial charge in [-0.15, -0.1) is 0 Å². The highest BCUT2D eigenvalue weighted by Gasteiger charge is 2.22. The van der Waals surface area contributed by atoms with E-state index in [4.69, 9.17) is 0 Å². The summed E-state index contributed by atoms with van der Waals surface area (Å²) in [5, 5.41) is 7.20. The first-order valence-electron chi connectivity index (χ1n) is 8.26. The number of benzene rings is 1. The third-order valence-electron chi connectivity index (χ3n) is 4.37. The van der Waals surface area contributed by atoms with Crippen LogP contribution in [0.15, 0.2) is 42.7 Å². The normalized spacial score (nSPS) is 18.7. The van der Waals surface area contributed by atoms with Gasteiger partial charge in [0, 0.05) is 32.4 Å². The van der Waals surface area contributed by atoms with E-state index in [1.807, 2.05) is 13.1 Å². The maximum Gasteiger partial charge on any atom is 0.254 e. The molecule has 23 heavy (non-hydrogen) atoms. The number of carbonyl (C=O) groups excluding carboxylic acids is 1. The molecule has 5 heteroatoms. The number of hydrogen-bond acceptors (Lipinski definition) is 3. The van der Waals surface area contributed by atoms with Gasteiger partial charge in [-0.2, -0.15) is 5.10 Å². The van der Waals surface area contributed by atoms with Gasteiger partial charge in [0.2, 0.25) is 0 Å². The Morgan fingerprint density at radius 1 is 1.35 bits per heavy atom. The molecule has 0 bridgehead atoms. The zero-order valence-electron chi connectivity index (χ0n) is 13.6. The Balaban J connectivity index is 1.49. The van der Waals surface area contributed by atoms with Crippen molar-refractivity contribution in [3.63, 3.8) is 0 Å². The van der Waals surface area contributed by atoms with Gasteiger partial charge in [0.25, 0.3) is 5.91 Å². The van der Waals surface area contributed by atoms with Crippen LogP contribution in [0.5, 0.6) is 0 Å². The van der Waals surface area contributed by atoms with Crippen LogP contribution in [0.3, 0.4) is 0 Å². The molecule has 1 aromatic carbocycles. The van der Waals surface area contributed by atoms with Crippen molar-refractivity contribution >= 4 is 5.91 Å². The summed E-state index contributed by atoms with van der Waals surface area (Å²) in [7, 11) is 1.82. The highest BCUT2D eigenvalue weighted by molar-refractivity contribution is 5.93. The fourth-order valence-corrected chi connectivity index (χ4v) is 3.12. The molecule has 1 fully saturated rings. The van der Waals surface area contributed by atoms with Crippen LogP contribution in [0.1, 0.15) is 28.8 Å². The summed E-state index contributed by atoms with van der Waals surface area (Å²) in [5.74, 6) is -0.0204. The number of likely N-dealkylation sites (tertiary alicyclic amines) is 1. The van der Waals surface area contributed by atoms with E-state index in [0.29, 0.717) is 5.56 Å². The number of rotatable bonds is 5. The van der Waals surface area contributed by atoms with Gasteiger partial charge in [-0.1, -0.05) is 30.3 Å². The summed E-state index contributed by atoms with van der Waals surface area (Å²) in [6.07, 6.45) is 6.61. The second-order valence-corrected chi connectivity index (χ2v) is 6.25. The van der Waals surface area contributed by atoms with Crippen LogP contribution >= 0.6 is 0 Å². The van der Waals surface area contributed by atoms with Gasteiger partial charge in [0.05, 0.1) is 11.8 Å². The van der Waals surface area contributed by atoms with Crippen molar-refractivity contribution in [3.8, 4) is 0 Å². The Hall–Kier alpha value is -2.14. The first-order valence-corrected chi connectivity index (χ1v) is 8.26. The monoisotopic (exact) mass is 312 g/mol. The lowest BCUT2D eigenvalue weighted by atomic mass is 10.0. The Bertz CT molecular complexity index is 637. The van der Waals surface area contributed by atoms with Gasteiger partial charge in [-0.05, 0) is 31.4 Å². The molecule has 1 aliphatic rings. The largest absolute Gasteiger partial charge is 0.348 e. The van der Waals surface area contributed by atoms with Gasteiger partial charge < -0.3 is 10.2 Å². The number of aromatic nitrogens is 2. The molecule has 2 aromatic rings. The van der Waals surface area contributed by atoms with Crippen molar-refractivity contribution in [3.05, 3.63) is 53.9 Å². The van der Waals surface area contributed by atoms with Crippen LogP contribution < -0.4 is 5.32 Å². The van der Waals surface area contributed by atoms with Crippen molar-refractivity contribution in [2.45, 2.75) is 25.3 Å². The van der Waals surface area contributed by atoms with Gasteiger partial charge in [-0.25, -0.2) is 0 Å². The van der Waals surface area contributed by atoms with Crippen LogP contribution in [0, 0.1) is 0 Å². The smallest absolute Gasteiger partial charge is 0.254 e. The first kappa shape index (κ1) is 15.7. The summed E-state index contributed by atoms with van der Waals surface area (Å²) < 4.78 is 1.65. The number of nitrogens with one attached hydrogen (secondary N) is 1. The zero-order valence-corrected chi connectivity index (χ0v) is 13.6. The second-order valence-electron chi connectivity index (χ2n) is 6.25. The lowest BCUT2D eigenvalue weighted by Crippen LogP contribution is -2.48. The second kappa shape index (κ2) is 7.42. The van der Waals surface area contributed by atoms with Crippen LogP contribution in [-0.4, -0.2) is 46.3 Å². The summed E-state index contributed by atoms with van der Waals surface area (Å²) in [5.41, 5.74) is 2.00. The number of aryl methyl sites for hydroxylation is 1. The molecular formula is C18H24N4O. The molecule has 0 radical (unpaired) electrons. The zero-order chi connectivity index (χ0) is 16.1. The standard InChI is InChI=1S/C18H24N4O/c1-21-13-16(12-19-21)18(23)20-17-8-5-10-22(14-17)11-9-15-6-3-2-4-7-15/h2-4,6-7,12-13,17H,5,8-11,14H2,1H3,(H,20,23). The van der Waals surface area contributed by atoms with Gasteiger partial charge >= 0.3 is 0 Å². The van der Waals surface area contributed by atoms with Crippen LogP contribution in [0.4, 0.5) is 0 Å². The quantitative estimate of drug-likeness (QED) is 0.917. The average Bonchev–Trinajstić information content (AvgIpc) is 3.01. The summed E-state index contributed by atoms with van der Waals surface area (Å²) in [6, 6.07) is 10.8. The minimum atomic E-state index is -0.0204. The van der Waals surface area contributed by atoms with Crippen molar-refractivity contribution in [2.75, 3.05) is 19.6 Å². The van der Waals surface area contributed by atoms with Crippen LogP contribution in [0.25, 0.3) is 0 Å². The van der Waals surface area contributed by atoms with Crippen molar-refractivity contribution in [1.29, 1.82) is 0 Å². The lowest BCUT2D eigenvalue weighted by Gasteiger charge is -2.33. The third-order valence-corrected chi connectivity index (χ3v) is 4.37. The molecule has 1 aromatic heterocycles. The van der Waals surface area contributed by atoms with Crippen LogP contribution in [-0.2, 0) is 13.5 Å². The van der Waals surface area contributed by atoms with Crippen LogP contribution in [0.2, 0.25) is 0 Å². The molecule has 1 amide bonds. The minimum absolute atomic E-state index is 0.0204. The van der Waals surface area contributed by atoms with E-state index in [0.717, 1.165) is 38.9 Å². The molecule has 1 aliphatic heterocycles. The Kier molecular flexibility index (Phi) is 5.08. The fourth-order valence-electron chi connectivity index (χ4n) is 3.12. The predicted octanol–water partition coefficient (Wildman–Crippen LogP) is 1.86. The molecule has 1 N–H and O–H groups in total. The number of hydrogen-bond donors (Lipinski definition) is 1. The molecule has 3 rings (SSSR count). The predicted molar refractivity (Wildman–Crippen MR) is 90.3 cm³/mol. The summed E-state index contributed by atoms with van der Waals surface area (Å²) in [4.78, 5) is 14.7. The number of amides is 1. The molecule has 1 unspecified atom stereocenters. The molecule has 1 saturated heterocycles. The van der Waals surface area contributed by atoms with Gasteiger partial charge in [-0.3, -0.25) is 9.48 Å². The highest BCUT2D eigenvalue weighted by Crippen LogP contribution is 2.12. The Morgan fingerprint density at radius 2 is 2.17 bits per heavy atom. The molecule has 1 atom stereocenters. The van der Waals surface area contributed by atoms with Gasteiger partial charge in [0.15, 0.2) is 0 Å². The molecular weight excluding hydrogens is 288 g/mol. The molecule has 0 spiro atoms.